The van der Waals surface area contributed by atoms with Crippen LogP contribution in [0.5, 0.6) is 0 Å². The monoisotopic (exact) mass is 191 g/mol. The molecule has 14 heavy (non-hydrogen) atoms. The average molecular weight is 191 g/mol. The summed E-state index contributed by atoms with van der Waals surface area (Å²) < 4.78 is 0. The standard InChI is InChI=1S/C12H17NO/c1-4-10(5-2)8-11-6-7-12(14)13-9(11)3/h4,8H,1,5-7H2,2-3H3,(H,13,14)/b10-8+. The zero-order valence-electron chi connectivity index (χ0n) is 8.89. The number of allylic oxidation sites excluding steroid dienone is 5. The topological polar surface area (TPSA) is 29.1 Å². The summed E-state index contributed by atoms with van der Waals surface area (Å²) in [6, 6.07) is 0. The molecule has 0 radical (unpaired) electrons. The van der Waals surface area contributed by atoms with Crippen LogP contribution in [-0.2, 0) is 4.79 Å². The summed E-state index contributed by atoms with van der Waals surface area (Å²) in [5, 5.41) is 2.84. The maximum Gasteiger partial charge on any atom is 0.224 e. The van der Waals surface area contributed by atoms with Crippen molar-refractivity contribution in [1.82, 2.24) is 5.32 Å². The van der Waals surface area contributed by atoms with Crippen LogP contribution in [0, 0.1) is 0 Å². The van der Waals surface area contributed by atoms with E-state index >= 15 is 0 Å². The maximum atomic E-state index is 11.1. The predicted molar refractivity (Wildman–Crippen MR) is 58.6 cm³/mol. The van der Waals surface area contributed by atoms with Gasteiger partial charge in [-0.15, -0.1) is 0 Å². The molecular weight excluding hydrogens is 174 g/mol. The van der Waals surface area contributed by atoms with Gasteiger partial charge < -0.3 is 5.32 Å². The first-order valence-electron chi connectivity index (χ1n) is 5.00. The number of hydrogen-bond donors (Lipinski definition) is 1. The van der Waals surface area contributed by atoms with Gasteiger partial charge in [0.25, 0.3) is 0 Å². The van der Waals surface area contributed by atoms with E-state index in [1.165, 1.54) is 11.1 Å². The summed E-state index contributed by atoms with van der Waals surface area (Å²) in [4.78, 5) is 11.1. The highest BCUT2D eigenvalue weighted by molar-refractivity contribution is 5.79. The lowest BCUT2D eigenvalue weighted by Gasteiger charge is -2.16. The van der Waals surface area contributed by atoms with Crippen molar-refractivity contribution in [1.29, 1.82) is 0 Å². The Morgan fingerprint density at radius 2 is 2.29 bits per heavy atom. The molecule has 0 aromatic heterocycles. The van der Waals surface area contributed by atoms with Gasteiger partial charge in [-0.3, -0.25) is 4.79 Å². The highest BCUT2D eigenvalue weighted by atomic mass is 16.1. The summed E-state index contributed by atoms with van der Waals surface area (Å²) in [6.07, 6.45) is 6.42. The molecule has 0 saturated heterocycles. The van der Waals surface area contributed by atoms with Crippen LogP contribution in [0.25, 0.3) is 0 Å². The highest BCUT2D eigenvalue weighted by Gasteiger charge is 2.12. The zero-order chi connectivity index (χ0) is 10.6. The lowest BCUT2D eigenvalue weighted by molar-refractivity contribution is -0.120. The molecule has 1 aliphatic rings. The number of amides is 1. The van der Waals surface area contributed by atoms with E-state index in [2.05, 4.69) is 24.9 Å². The molecule has 1 amide bonds. The lowest BCUT2D eigenvalue weighted by atomic mass is 10.0. The van der Waals surface area contributed by atoms with Crippen LogP contribution in [0.15, 0.2) is 35.6 Å². The minimum Gasteiger partial charge on any atom is -0.330 e. The molecule has 76 valence electrons. The molecule has 1 rings (SSSR count). The zero-order valence-corrected chi connectivity index (χ0v) is 8.89. The molecule has 0 unspecified atom stereocenters. The maximum absolute atomic E-state index is 11.1. The van der Waals surface area contributed by atoms with Gasteiger partial charge in [0, 0.05) is 12.1 Å². The van der Waals surface area contributed by atoms with E-state index in [-0.39, 0.29) is 5.91 Å². The third-order valence-electron chi connectivity index (χ3n) is 2.46. The van der Waals surface area contributed by atoms with Crippen molar-refractivity contribution in [3.05, 3.63) is 35.6 Å². The molecule has 0 aromatic rings. The molecule has 0 fully saturated rings. The van der Waals surface area contributed by atoms with Gasteiger partial charge in [-0.1, -0.05) is 25.7 Å². The minimum absolute atomic E-state index is 0.122. The average Bonchev–Trinajstić information content (AvgIpc) is 2.17. The highest BCUT2D eigenvalue weighted by Crippen LogP contribution is 2.19. The molecular formula is C12H17NO. The van der Waals surface area contributed by atoms with Gasteiger partial charge in [0.15, 0.2) is 0 Å². The second kappa shape index (κ2) is 4.80. The molecule has 0 atom stereocenters. The summed E-state index contributed by atoms with van der Waals surface area (Å²) in [5.41, 5.74) is 3.42. The van der Waals surface area contributed by atoms with Crippen molar-refractivity contribution in [2.24, 2.45) is 0 Å². The third kappa shape index (κ3) is 2.59. The lowest BCUT2D eigenvalue weighted by Crippen LogP contribution is -2.26. The fraction of sp³-hybridized carbons (Fsp3) is 0.417. The molecule has 0 spiro atoms. The Morgan fingerprint density at radius 3 is 2.79 bits per heavy atom. The van der Waals surface area contributed by atoms with Crippen molar-refractivity contribution in [3.63, 3.8) is 0 Å². The van der Waals surface area contributed by atoms with Crippen LogP contribution in [0.2, 0.25) is 0 Å². The predicted octanol–water partition coefficient (Wildman–Crippen LogP) is 2.69. The Morgan fingerprint density at radius 1 is 1.57 bits per heavy atom. The molecule has 0 aromatic carbocycles. The van der Waals surface area contributed by atoms with E-state index in [0.29, 0.717) is 6.42 Å². The molecule has 0 bridgehead atoms. The molecule has 0 saturated carbocycles. The number of nitrogens with one attached hydrogen (secondary N) is 1. The smallest absolute Gasteiger partial charge is 0.224 e. The number of rotatable bonds is 3. The first-order valence-corrected chi connectivity index (χ1v) is 5.00. The van der Waals surface area contributed by atoms with Crippen LogP contribution in [0.3, 0.4) is 0 Å². The minimum atomic E-state index is 0.122. The summed E-state index contributed by atoms with van der Waals surface area (Å²) in [6.45, 7) is 7.80. The van der Waals surface area contributed by atoms with Crippen molar-refractivity contribution >= 4 is 5.91 Å². The van der Waals surface area contributed by atoms with Crippen LogP contribution in [0.1, 0.15) is 33.1 Å². The Labute approximate surface area is 85.4 Å². The second-order valence-corrected chi connectivity index (χ2v) is 3.48. The fourth-order valence-electron chi connectivity index (χ4n) is 1.50. The molecule has 1 heterocycles. The molecule has 2 nitrogen and oxygen atoms in total. The van der Waals surface area contributed by atoms with Crippen molar-refractivity contribution < 1.29 is 4.79 Å². The Bertz CT molecular complexity index is 310. The molecule has 0 aliphatic carbocycles. The van der Waals surface area contributed by atoms with E-state index in [1.807, 2.05) is 13.0 Å². The first-order chi connectivity index (χ1) is 6.67. The van der Waals surface area contributed by atoms with E-state index in [0.717, 1.165) is 18.5 Å². The van der Waals surface area contributed by atoms with Gasteiger partial charge in [0.2, 0.25) is 5.91 Å². The number of hydrogen-bond acceptors (Lipinski definition) is 1. The number of carbonyl (C=O) groups excluding carboxylic acids is 1. The van der Waals surface area contributed by atoms with Crippen molar-refractivity contribution in [2.45, 2.75) is 33.1 Å². The normalized spacial score (nSPS) is 18.1. The van der Waals surface area contributed by atoms with Crippen LogP contribution < -0.4 is 5.32 Å². The van der Waals surface area contributed by atoms with Crippen molar-refractivity contribution in [3.8, 4) is 0 Å². The second-order valence-electron chi connectivity index (χ2n) is 3.48. The van der Waals surface area contributed by atoms with E-state index in [1.54, 1.807) is 0 Å². The Hall–Kier alpha value is -1.31. The van der Waals surface area contributed by atoms with Gasteiger partial charge >= 0.3 is 0 Å². The van der Waals surface area contributed by atoms with Gasteiger partial charge in [-0.2, -0.15) is 0 Å². The fourth-order valence-corrected chi connectivity index (χ4v) is 1.50. The van der Waals surface area contributed by atoms with Gasteiger partial charge in [-0.25, -0.2) is 0 Å². The Kier molecular flexibility index (Phi) is 3.69. The van der Waals surface area contributed by atoms with E-state index in [9.17, 15) is 4.79 Å². The van der Waals surface area contributed by atoms with Gasteiger partial charge in [0.05, 0.1) is 0 Å². The van der Waals surface area contributed by atoms with Gasteiger partial charge in [-0.05, 0) is 30.9 Å². The van der Waals surface area contributed by atoms with Crippen LogP contribution in [-0.4, -0.2) is 5.91 Å². The molecule has 1 aliphatic heterocycles. The molecule has 2 heteroatoms. The quantitative estimate of drug-likeness (QED) is 0.683. The number of carbonyl (C=O) groups is 1. The van der Waals surface area contributed by atoms with E-state index < -0.39 is 0 Å². The largest absolute Gasteiger partial charge is 0.330 e. The first kappa shape index (κ1) is 10.8. The van der Waals surface area contributed by atoms with Crippen LogP contribution in [0.4, 0.5) is 0 Å². The summed E-state index contributed by atoms with van der Waals surface area (Å²) >= 11 is 0. The summed E-state index contributed by atoms with van der Waals surface area (Å²) in [7, 11) is 0. The SMILES string of the molecule is C=C/C(=C\C1=C(C)NC(=O)CC1)CC. The Balaban J connectivity index is 2.87. The third-order valence-corrected chi connectivity index (χ3v) is 2.46. The van der Waals surface area contributed by atoms with Gasteiger partial charge in [0.1, 0.15) is 0 Å². The van der Waals surface area contributed by atoms with Crippen molar-refractivity contribution in [2.75, 3.05) is 0 Å². The van der Waals surface area contributed by atoms with Crippen LogP contribution >= 0.6 is 0 Å². The summed E-state index contributed by atoms with van der Waals surface area (Å²) in [5.74, 6) is 0.122. The van der Waals surface area contributed by atoms with E-state index in [4.69, 9.17) is 0 Å². The molecule has 1 N–H and O–H groups in total.